The van der Waals surface area contributed by atoms with E-state index in [-0.39, 0.29) is 0 Å². The van der Waals surface area contributed by atoms with Gasteiger partial charge in [0.1, 0.15) is 18.4 Å². The van der Waals surface area contributed by atoms with Crippen LogP contribution in [-0.4, -0.2) is 4.98 Å². The van der Waals surface area contributed by atoms with Crippen LogP contribution in [-0.2, 0) is 6.42 Å². The molecule has 0 spiro atoms. The van der Waals surface area contributed by atoms with E-state index in [0.717, 1.165) is 24.1 Å². The normalized spacial score (nSPS) is 10.7. The summed E-state index contributed by atoms with van der Waals surface area (Å²) in [6, 6.07) is 5.93. The Morgan fingerprint density at radius 1 is 1.50 bits per heavy atom. The lowest BCUT2D eigenvalue weighted by molar-refractivity contribution is 0.477. The molecule has 0 aliphatic heterocycles. The number of aryl methyl sites for hydroxylation is 1. The molecule has 0 aliphatic rings. The number of para-hydroxylation sites is 1. The van der Waals surface area contributed by atoms with E-state index in [0.29, 0.717) is 0 Å². The van der Waals surface area contributed by atoms with Gasteiger partial charge in [-0.2, -0.15) is 0 Å². The van der Waals surface area contributed by atoms with Crippen molar-refractivity contribution in [3.63, 3.8) is 0 Å². The number of hydrogen-bond acceptors (Lipinski definition) is 3. The molecular formula is C11H12NOS. The highest BCUT2D eigenvalue weighted by Crippen LogP contribution is 2.29. The number of rotatable bonds is 3. The largest absolute Gasteiger partial charge is 0.488 e. The summed E-state index contributed by atoms with van der Waals surface area (Å²) in [5.41, 5.74) is 0.941. The van der Waals surface area contributed by atoms with E-state index in [1.807, 2.05) is 12.1 Å². The van der Waals surface area contributed by atoms with Crippen LogP contribution in [0.2, 0.25) is 0 Å². The van der Waals surface area contributed by atoms with Crippen molar-refractivity contribution in [3.8, 4) is 5.75 Å². The van der Waals surface area contributed by atoms with Crippen LogP contribution < -0.4 is 4.74 Å². The first-order chi connectivity index (χ1) is 6.85. The Morgan fingerprint density at radius 3 is 3.07 bits per heavy atom. The molecule has 2 aromatic rings. The third kappa shape index (κ3) is 1.60. The van der Waals surface area contributed by atoms with Gasteiger partial charge in [-0.1, -0.05) is 13.0 Å². The molecule has 0 fully saturated rings. The molecule has 0 saturated carbocycles. The van der Waals surface area contributed by atoms with Crippen LogP contribution in [0.1, 0.15) is 18.4 Å². The fraction of sp³-hybridized carbons (Fsp3) is 0.273. The Balaban J connectivity index is 2.52. The second-order valence-electron chi connectivity index (χ2n) is 3.10. The van der Waals surface area contributed by atoms with Crippen molar-refractivity contribution in [1.82, 2.24) is 4.98 Å². The van der Waals surface area contributed by atoms with E-state index in [9.17, 15) is 0 Å². The molecule has 0 amide bonds. The minimum Gasteiger partial charge on any atom is -0.488 e. The number of aromatic nitrogens is 1. The van der Waals surface area contributed by atoms with Crippen LogP contribution in [0.25, 0.3) is 10.2 Å². The van der Waals surface area contributed by atoms with Gasteiger partial charge in [0.15, 0.2) is 0 Å². The quantitative estimate of drug-likeness (QED) is 0.767. The number of ether oxygens (including phenoxy) is 1. The summed E-state index contributed by atoms with van der Waals surface area (Å²) in [5.74, 6) is 0.765. The lowest BCUT2D eigenvalue weighted by Gasteiger charge is -1.97. The summed E-state index contributed by atoms with van der Waals surface area (Å²) in [5, 5.41) is 1.17. The molecule has 14 heavy (non-hydrogen) atoms. The van der Waals surface area contributed by atoms with E-state index in [2.05, 4.69) is 25.1 Å². The number of hydrogen-bond donors (Lipinski definition) is 0. The Labute approximate surface area is 87.5 Å². The third-order valence-corrected chi connectivity index (χ3v) is 3.13. The SMILES string of the molecule is [CH2]Oc1cccc2sc(CCC)nc12. The number of benzene rings is 1. The molecule has 2 nitrogen and oxygen atoms in total. The number of thiazole rings is 1. The summed E-state index contributed by atoms with van der Waals surface area (Å²) < 4.78 is 6.19. The molecule has 1 heterocycles. The lowest BCUT2D eigenvalue weighted by atomic mass is 10.3. The lowest BCUT2D eigenvalue weighted by Crippen LogP contribution is -1.82. The zero-order valence-corrected chi connectivity index (χ0v) is 8.93. The van der Waals surface area contributed by atoms with Crippen LogP contribution in [0.5, 0.6) is 5.75 Å². The fourth-order valence-electron chi connectivity index (χ4n) is 1.41. The van der Waals surface area contributed by atoms with Gasteiger partial charge in [-0.25, -0.2) is 4.98 Å². The zero-order valence-electron chi connectivity index (χ0n) is 8.12. The van der Waals surface area contributed by atoms with Crippen molar-refractivity contribution in [3.05, 3.63) is 30.3 Å². The van der Waals surface area contributed by atoms with E-state index in [1.165, 1.54) is 9.71 Å². The highest BCUT2D eigenvalue weighted by Gasteiger charge is 2.07. The van der Waals surface area contributed by atoms with Crippen LogP contribution in [0.3, 0.4) is 0 Å². The maximum absolute atomic E-state index is 5.01. The molecule has 0 bridgehead atoms. The molecular weight excluding hydrogens is 194 g/mol. The molecule has 1 radical (unpaired) electrons. The van der Waals surface area contributed by atoms with E-state index >= 15 is 0 Å². The van der Waals surface area contributed by atoms with Crippen molar-refractivity contribution in [2.24, 2.45) is 0 Å². The van der Waals surface area contributed by atoms with Gasteiger partial charge < -0.3 is 4.74 Å². The zero-order chi connectivity index (χ0) is 9.97. The van der Waals surface area contributed by atoms with Crippen LogP contribution in [0, 0.1) is 7.11 Å². The Morgan fingerprint density at radius 2 is 2.36 bits per heavy atom. The van der Waals surface area contributed by atoms with Gasteiger partial charge >= 0.3 is 0 Å². The predicted octanol–water partition coefficient (Wildman–Crippen LogP) is 3.42. The summed E-state index contributed by atoms with van der Waals surface area (Å²) >= 11 is 1.73. The van der Waals surface area contributed by atoms with Crippen LogP contribution >= 0.6 is 11.3 Å². The summed E-state index contributed by atoms with van der Waals surface area (Å²) in [6.45, 7) is 2.16. The third-order valence-electron chi connectivity index (χ3n) is 2.05. The molecule has 73 valence electrons. The van der Waals surface area contributed by atoms with Gasteiger partial charge in [0, 0.05) is 0 Å². The second-order valence-corrected chi connectivity index (χ2v) is 4.22. The van der Waals surface area contributed by atoms with Crippen LogP contribution in [0.15, 0.2) is 18.2 Å². The van der Waals surface area contributed by atoms with Gasteiger partial charge in [-0.15, -0.1) is 11.3 Å². The summed E-state index contributed by atoms with van der Waals surface area (Å²) in [7, 11) is 3.43. The second kappa shape index (κ2) is 3.96. The highest BCUT2D eigenvalue weighted by atomic mass is 32.1. The predicted molar refractivity (Wildman–Crippen MR) is 59.6 cm³/mol. The summed E-state index contributed by atoms with van der Waals surface area (Å²) in [4.78, 5) is 4.53. The average Bonchev–Trinajstić information content (AvgIpc) is 2.60. The Bertz CT molecular complexity index is 436. The van der Waals surface area contributed by atoms with E-state index in [1.54, 1.807) is 11.3 Å². The number of nitrogens with zero attached hydrogens (tertiary/aromatic N) is 1. The molecule has 0 saturated heterocycles. The summed E-state index contributed by atoms with van der Waals surface area (Å²) in [6.07, 6.45) is 2.16. The highest BCUT2D eigenvalue weighted by molar-refractivity contribution is 7.18. The molecule has 3 heteroatoms. The van der Waals surface area contributed by atoms with Crippen molar-refractivity contribution in [2.75, 3.05) is 0 Å². The Kier molecular flexibility index (Phi) is 2.68. The topological polar surface area (TPSA) is 22.1 Å². The Hall–Kier alpha value is -1.09. The van der Waals surface area contributed by atoms with Crippen molar-refractivity contribution >= 4 is 21.6 Å². The molecule has 1 aromatic heterocycles. The molecule has 2 rings (SSSR count). The van der Waals surface area contributed by atoms with Gasteiger partial charge in [-0.05, 0) is 25.0 Å². The van der Waals surface area contributed by atoms with Gasteiger partial charge in [0.25, 0.3) is 0 Å². The first-order valence-corrected chi connectivity index (χ1v) is 5.47. The molecule has 1 aromatic carbocycles. The first-order valence-electron chi connectivity index (χ1n) is 4.65. The molecule has 0 N–H and O–H groups in total. The number of fused-ring (bicyclic) bond motifs is 1. The van der Waals surface area contributed by atoms with E-state index in [4.69, 9.17) is 4.74 Å². The van der Waals surface area contributed by atoms with Crippen LogP contribution in [0.4, 0.5) is 0 Å². The molecule has 0 unspecified atom stereocenters. The van der Waals surface area contributed by atoms with E-state index < -0.39 is 0 Å². The average molecular weight is 206 g/mol. The molecule has 0 atom stereocenters. The minimum atomic E-state index is 0.765. The maximum atomic E-state index is 5.01. The van der Waals surface area contributed by atoms with Gasteiger partial charge in [0.05, 0.1) is 9.71 Å². The minimum absolute atomic E-state index is 0.765. The monoisotopic (exact) mass is 206 g/mol. The maximum Gasteiger partial charge on any atom is 0.146 e. The van der Waals surface area contributed by atoms with Crippen molar-refractivity contribution in [2.45, 2.75) is 19.8 Å². The smallest absolute Gasteiger partial charge is 0.146 e. The first kappa shape index (κ1) is 9.46. The van der Waals surface area contributed by atoms with Crippen molar-refractivity contribution in [1.29, 1.82) is 0 Å². The molecule has 0 aliphatic carbocycles. The fourth-order valence-corrected chi connectivity index (χ4v) is 2.49. The van der Waals surface area contributed by atoms with Crippen molar-refractivity contribution < 1.29 is 4.74 Å². The standard InChI is InChI=1S/C11H12NOS/c1-3-5-10-12-11-8(13-2)6-4-7-9(11)14-10/h4,6-7H,2-3,5H2,1H3. The van der Waals surface area contributed by atoms with Gasteiger partial charge in [0.2, 0.25) is 0 Å². The van der Waals surface area contributed by atoms with Gasteiger partial charge in [-0.3, -0.25) is 0 Å².